The van der Waals surface area contributed by atoms with Crippen molar-refractivity contribution < 1.29 is 4.79 Å². The van der Waals surface area contributed by atoms with Crippen LogP contribution in [0.5, 0.6) is 0 Å². The van der Waals surface area contributed by atoms with Crippen LogP contribution in [0, 0.1) is 5.92 Å². The third-order valence-corrected chi connectivity index (χ3v) is 5.03. The van der Waals surface area contributed by atoms with Gasteiger partial charge in [-0.1, -0.05) is 45.2 Å². The molecule has 0 fully saturated rings. The highest BCUT2D eigenvalue weighted by Gasteiger charge is 2.15. The number of nitrogens with two attached hydrogens (primary N) is 2. The molecule has 0 amide bonds. The summed E-state index contributed by atoms with van der Waals surface area (Å²) < 4.78 is 1.97. The fraction of sp³-hybridized carbons (Fsp3) is 0.348. The summed E-state index contributed by atoms with van der Waals surface area (Å²) in [6.07, 6.45) is 9.45. The van der Waals surface area contributed by atoms with Gasteiger partial charge in [0.2, 0.25) is 5.96 Å². The van der Waals surface area contributed by atoms with E-state index in [4.69, 9.17) is 23.1 Å². The van der Waals surface area contributed by atoms with Crippen LogP contribution in [0.4, 0.5) is 0 Å². The third-order valence-electron chi connectivity index (χ3n) is 4.62. The van der Waals surface area contributed by atoms with Crippen LogP contribution in [0.15, 0.2) is 46.6 Å². The van der Waals surface area contributed by atoms with E-state index in [-0.39, 0.29) is 17.7 Å². The number of nitrogens with zero attached hydrogens (tertiary/aromatic N) is 3. The molecule has 160 valence electrons. The number of benzene rings is 1. The second-order valence-corrected chi connectivity index (χ2v) is 7.75. The van der Waals surface area contributed by atoms with E-state index in [0.717, 1.165) is 42.6 Å². The van der Waals surface area contributed by atoms with E-state index in [1.807, 2.05) is 48.8 Å². The highest BCUT2D eigenvalue weighted by Crippen LogP contribution is 2.29. The molecule has 0 saturated heterocycles. The third kappa shape index (κ3) is 6.32. The van der Waals surface area contributed by atoms with Gasteiger partial charge in [0.15, 0.2) is 5.78 Å². The number of carbonyl (C=O) groups excluding carboxylic acids is 1. The first-order chi connectivity index (χ1) is 14.3. The molecule has 2 aromatic rings. The zero-order valence-corrected chi connectivity index (χ0v) is 18.6. The highest BCUT2D eigenvalue weighted by molar-refractivity contribution is 6.31. The van der Waals surface area contributed by atoms with Gasteiger partial charge >= 0.3 is 0 Å². The minimum Gasteiger partial charge on any atom is -0.369 e. The lowest BCUT2D eigenvalue weighted by Gasteiger charge is -2.11. The first-order valence-electron chi connectivity index (χ1n) is 10.2. The van der Waals surface area contributed by atoms with Gasteiger partial charge in [-0.2, -0.15) is 5.10 Å². The Balaban J connectivity index is 2.39. The Labute approximate surface area is 183 Å². The second kappa shape index (κ2) is 11.4. The largest absolute Gasteiger partial charge is 0.369 e. The molecule has 2 rings (SSSR count). The molecule has 6 nitrogen and oxygen atoms in total. The number of hydrogen-bond acceptors (Lipinski definition) is 3. The van der Waals surface area contributed by atoms with E-state index in [0.29, 0.717) is 10.7 Å². The van der Waals surface area contributed by atoms with Crippen molar-refractivity contribution in [3.05, 3.63) is 58.4 Å². The number of unbranched alkanes of at least 4 members (excludes halogenated alkanes) is 2. The van der Waals surface area contributed by atoms with E-state index in [2.05, 4.69) is 23.2 Å². The SMILES string of the molecule is CCCCCc1cc(/C=C/C=N/N=C(N)N)n(-c2ccc(C(=O)C(C)C)cc2)c1Cl. The molecule has 0 spiro atoms. The van der Waals surface area contributed by atoms with Gasteiger partial charge < -0.3 is 16.0 Å². The molecule has 1 heterocycles. The summed E-state index contributed by atoms with van der Waals surface area (Å²) >= 11 is 6.75. The molecule has 7 heteroatoms. The summed E-state index contributed by atoms with van der Waals surface area (Å²) in [4.78, 5) is 12.2. The quantitative estimate of drug-likeness (QED) is 0.184. The zero-order chi connectivity index (χ0) is 22.1. The number of allylic oxidation sites excluding steroid dienone is 1. The average molecular weight is 428 g/mol. The number of guanidine groups is 1. The van der Waals surface area contributed by atoms with Crippen molar-refractivity contribution in [3.63, 3.8) is 0 Å². The van der Waals surface area contributed by atoms with Crippen molar-refractivity contribution >= 4 is 35.6 Å². The van der Waals surface area contributed by atoms with Gasteiger partial charge in [-0.05, 0) is 60.9 Å². The van der Waals surface area contributed by atoms with Crippen molar-refractivity contribution in [1.82, 2.24) is 4.57 Å². The summed E-state index contributed by atoms with van der Waals surface area (Å²) in [6, 6.07) is 9.61. The van der Waals surface area contributed by atoms with E-state index in [1.165, 1.54) is 6.21 Å². The Morgan fingerprint density at radius 1 is 1.20 bits per heavy atom. The molecule has 0 atom stereocenters. The Morgan fingerprint density at radius 3 is 2.50 bits per heavy atom. The first-order valence-corrected chi connectivity index (χ1v) is 10.6. The number of carbonyl (C=O) groups is 1. The molecule has 0 radical (unpaired) electrons. The number of halogens is 1. The summed E-state index contributed by atoms with van der Waals surface area (Å²) in [5.74, 6) is -0.0176. The average Bonchev–Trinajstić information content (AvgIpc) is 3.02. The molecule has 0 aliphatic heterocycles. The lowest BCUT2D eigenvalue weighted by Crippen LogP contribution is -2.21. The smallest absolute Gasteiger partial charge is 0.211 e. The fourth-order valence-corrected chi connectivity index (χ4v) is 3.42. The molecule has 0 aliphatic carbocycles. The van der Waals surface area contributed by atoms with Crippen LogP contribution in [0.25, 0.3) is 11.8 Å². The van der Waals surface area contributed by atoms with Gasteiger partial charge in [0.05, 0.1) is 0 Å². The number of rotatable bonds is 10. The fourth-order valence-electron chi connectivity index (χ4n) is 3.07. The number of aromatic nitrogens is 1. The van der Waals surface area contributed by atoms with Crippen LogP contribution < -0.4 is 11.5 Å². The standard InChI is InChI=1S/C23H30ClN5O/c1-4-5-6-8-18-15-20(9-7-14-27-28-23(25)26)29(22(18)24)19-12-10-17(11-13-19)21(30)16(2)3/h7,9-16H,4-6,8H2,1-3H3,(H4,25,26,28)/b9-7+,27-14+. The molecule has 4 N–H and O–H groups in total. The molecular weight excluding hydrogens is 398 g/mol. The molecule has 0 aliphatic rings. The van der Waals surface area contributed by atoms with Gasteiger partial charge in [0.25, 0.3) is 0 Å². The van der Waals surface area contributed by atoms with E-state index >= 15 is 0 Å². The monoisotopic (exact) mass is 427 g/mol. The zero-order valence-electron chi connectivity index (χ0n) is 17.8. The molecule has 0 saturated carbocycles. The van der Waals surface area contributed by atoms with E-state index in [9.17, 15) is 4.79 Å². The number of aryl methyl sites for hydroxylation is 1. The molecule has 30 heavy (non-hydrogen) atoms. The lowest BCUT2D eigenvalue weighted by molar-refractivity contribution is 0.0939. The predicted octanol–water partition coefficient (Wildman–Crippen LogP) is 4.97. The Kier molecular flexibility index (Phi) is 8.87. The van der Waals surface area contributed by atoms with Crippen LogP contribution in [0.3, 0.4) is 0 Å². The van der Waals surface area contributed by atoms with Gasteiger partial charge in [-0.15, -0.1) is 5.10 Å². The van der Waals surface area contributed by atoms with Crippen molar-refractivity contribution in [2.24, 2.45) is 27.6 Å². The van der Waals surface area contributed by atoms with Crippen LogP contribution in [0.1, 0.15) is 61.6 Å². The molecule has 0 unspecified atom stereocenters. The topological polar surface area (TPSA) is 98.8 Å². The van der Waals surface area contributed by atoms with Crippen LogP contribution in [-0.4, -0.2) is 22.5 Å². The van der Waals surface area contributed by atoms with Crippen LogP contribution in [0.2, 0.25) is 5.15 Å². The maximum absolute atomic E-state index is 12.2. The second-order valence-electron chi connectivity index (χ2n) is 7.39. The molecular formula is C23H30ClN5O. The maximum Gasteiger partial charge on any atom is 0.211 e. The van der Waals surface area contributed by atoms with Crippen LogP contribution >= 0.6 is 11.6 Å². The minimum absolute atomic E-state index is 0.0424. The van der Waals surface area contributed by atoms with Crippen molar-refractivity contribution in [3.8, 4) is 5.69 Å². The Hall–Kier alpha value is -2.86. The van der Waals surface area contributed by atoms with Gasteiger partial charge in [0, 0.05) is 29.1 Å². The molecule has 1 aromatic heterocycles. The highest BCUT2D eigenvalue weighted by atomic mass is 35.5. The van der Waals surface area contributed by atoms with Gasteiger partial charge in [0.1, 0.15) is 5.15 Å². The summed E-state index contributed by atoms with van der Waals surface area (Å²) in [5, 5.41) is 8.02. The van der Waals surface area contributed by atoms with Crippen LogP contribution in [-0.2, 0) is 6.42 Å². The van der Waals surface area contributed by atoms with Gasteiger partial charge in [-0.3, -0.25) is 4.79 Å². The van der Waals surface area contributed by atoms with Gasteiger partial charge in [-0.25, -0.2) is 0 Å². The van der Waals surface area contributed by atoms with Crippen molar-refractivity contribution in [1.29, 1.82) is 0 Å². The normalized spacial score (nSPS) is 11.6. The summed E-state index contributed by atoms with van der Waals surface area (Å²) in [5.41, 5.74) is 14.1. The predicted molar refractivity (Wildman–Crippen MR) is 127 cm³/mol. The number of hydrogen-bond donors (Lipinski definition) is 2. The lowest BCUT2D eigenvalue weighted by atomic mass is 10.0. The minimum atomic E-state index is -0.0969. The molecule has 0 bridgehead atoms. The number of ketones is 1. The van der Waals surface area contributed by atoms with E-state index < -0.39 is 0 Å². The Bertz CT molecular complexity index is 935. The van der Waals surface area contributed by atoms with Crippen molar-refractivity contribution in [2.75, 3.05) is 0 Å². The summed E-state index contributed by atoms with van der Waals surface area (Å²) in [7, 11) is 0. The Morgan fingerprint density at radius 2 is 1.90 bits per heavy atom. The van der Waals surface area contributed by atoms with E-state index in [1.54, 1.807) is 6.08 Å². The first kappa shape index (κ1) is 23.4. The van der Waals surface area contributed by atoms with Crippen molar-refractivity contribution in [2.45, 2.75) is 46.5 Å². The maximum atomic E-state index is 12.2. The number of Topliss-reactive ketones (excluding diaryl/α,β-unsaturated/α-hetero) is 1. The summed E-state index contributed by atoms with van der Waals surface area (Å²) in [6.45, 7) is 5.97. The molecule has 1 aromatic carbocycles.